The van der Waals surface area contributed by atoms with Crippen molar-refractivity contribution in [3.05, 3.63) is 0 Å². The molecule has 0 amide bonds. The Morgan fingerprint density at radius 1 is 1.19 bits per heavy atom. The average Bonchev–Trinajstić information content (AvgIpc) is 2.33. The van der Waals surface area contributed by atoms with Crippen LogP contribution in [0.3, 0.4) is 0 Å². The Kier molecular flexibility index (Phi) is 8.04. The Balaban J connectivity index is 4.74. The predicted molar refractivity (Wildman–Crippen MR) is 73.7 cm³/mol. The molecule has 0 rings (SSSR count). The van der Waals surface area contributed by atoms with Crippen LogP contribution in [0.1, 0.15) is 60.3 Å². The maximum absolute atomic E-state index is 6.09. The molecule has 0 aliphatic heterocycles. The second-order valence-electron chi connectivity index (χ2n) is 5.08. The normalized spacial score (nSPS) is 17.4. The van der Waals surface area contributed by atoms with E-state index in [1.807, 2.05) is 0 Å². The Morgan fingerprint density at radius 2 is 1.81 bits per heavy atom. The molecule has 0 saturated heterocycles. The Hall–Kier alpha value is -0.0800. The van der Waals surface area contributed by atoms with Gasteiger partial charge in [-0.3, -0.25) is 4.90 Å². The maximum Gasteiger partial charge on any atom is 0.0331 e. The van der Waals surface area contributed by atoms with Gasteiger partial charge in [0.25, 0.3) is 0 Å². The summed E-state index contributed by atoms with van der Waals surface area (Å²) < 4.78 is 0. The third kappa shape index (κ3) is 4.06. The Bertz CT molecular complexity index is 164. The lowest BCUT2D eigenvalue weighted by Crippen LogP contribution is -2.54. The summed E-state index contributed by atoms with van der Waals surface area (Å²) in [6.45, 7) is 14.5. The maximum atomic E-state index is 6.09. The van der Waals surface area contributed by atoms with Crippen LogP contribution >= 0.6 is 0 Å². The topological polar surface area (TPSA) is 29.3 Å². The smallest absolute Gasteiger partial charge is 0.0331 e. The summed E-state index contributed by atoms with van der Waals surface area (Å²) in [5.41, 5.74) is 6.32. The molecule has 0 aromatic heterocycles. The van der Waals surface area contributed by atoms with Gasteiger partial charge in [-0.05, 0) is 38.3 Å². The third-order valence-electron chi connectivity index (χ3n) is 4.01. The van der Waals surface area contributed by atoms with E-state index in [0.29, 0.717) is 0 Å². The van der Waals surface area contributed by atoms with Gasteiger partial charge in [0.05, 0.1) is 0 Å². The minimum absolute atomic E-state index is 0.236. The molecule has 0 bridgehead atoms. The molecule has 0 spiro atoms. The van der Waals surface area contributed by atoms with Gasteiger partial charge in [-0.15, -0.1) is 0 Å². The second-order valence-corrected chi connectivity index (χ2v) is 5.08. The van der Waals surface area contributed by atoms with E-state index in [2.05, 4.69) is 39.5 Å². The highest BCUT2D eigenvalue weighted by Gasteiger charge is 2.33. The first kappa shape index (κ1) is 15.9. The summed E-state index contributed by atoms with van der Waals surface area (Å²) in [5, 5.41) is 0. The number of nitrogens with two attached hydrogens (primary N) is 1. The van der Waals surface area contributed by atoms with Crippen LogP contribution in [-0.2, 0) is 0 Å². The van der Waals surface area contributed by atoms with Gasteiger partial charge < -0.3 is 5.73 Å². The van der Waals surface area contributed by atoms with E-state index in [0.717, 1.165) is 19.0 Å². The van der Waals surface area contributed by atoms with Crippen LogP contribution in [0.5, 0.6) is 0 Å². The average molecular weight is 228 g/mol. The highest BCUT2D eigenvalue weighted by atomic mass is 15.2. The highest BCUT2D eigenvalue weighted by Crippen LogP contribution is 2.28. The Labute approximate surface area is 103 Å². The molecular formula is C14H32N2. The van der Waals surface area contributed by atoms with Crippen molar-refractivity contribution in [1.29, 1.82) is 0 Å². The van der Waals surface area contributed by atoms with Gasteiger partial charge in [-0.2, -0.15) is 0 Å². The summed E-state index contributed by atoms with van der Waals surface area (Å²) in [7, 11) is 0. The van der Waals surface area contributed by atoms with E-state index < -0.39 is 0 Å². The van der Waals surface area contributed by atoms with Crippen LogP contribution in [0.4, 0.5) is 0 Å². The first-order valence-electron chi connectivity index (χ1n) is 7.05. The van der Waals surface area contributed by atoms with Crippen LogP contribution in [0.2, 0.25) is 0 Å². The van der Waals surface area contributed by atoms with Crippen molar-refractivity contribution in [3.63, 3.8) is 0 Å². The fourth-order valence-corrected chi connectivity index (χ4v) is 2.65. The fraction of sp³-hybridized carbons (Fsp3) is 1.00. The summed E-state index contributed by atoms with van der Waals surface area (Å²) >= 11 is 0. The van der Waals surface area contributed by atoms with Gasteiger partial charge in [0, 0.05) is 12.1 Å². The monoisotopic (exact) mass is 228 g/mol. The lowest BCUT2D eigenvalue weighted by Gasteiger charge is -2.44. The van der Waals surface area contributed by atoms with Gasteiger partial charge in [-0.1, -0.05) is 41.0 Å². The minimum Gasteiger partial charge on any atom is -0.329 e. The molecule has 0 aliphatic carbocycles. The number of nitrogens with zero attached hydrogens (tertiary/aromatic N) is 1. The van der Waals surface area contributed by atoms with E-state index in [4.69, 9.17) is 5.73 Å². The summed E-state index contributed by atoms with van der Waals surface area (Å²) in [6.07, 6.45) is 4.88. The molecule has 0 aliphatic rings. The van der Waals surface area contributed by atoms with Gasteiger partial charge >= 0.3 is 0 Å². The number of hydrogen-bond acceptors (Lipinski definition) is 2. The van der Waals surface area contributed by atoms with Crippen LogP contribution in [-0.4, -0.2) is 30.1 Å². The first-order chi connectivity index (χ1) is 7.60. The molecule has 0 aromatic rings. The molecule has 0 saturated carbocycles. The lowest BCUT2D eigenvalue weighted by atomic mass is 9.83. The van der Waals surface area contributed by atoms with Gasteiger partial charge in [0.2, 0.25) is 0 Å². The zero-order valence-electron chi connectivity index (χ0n) is 12.1. The van der Waals surface area contributed by atoms with E-state index in [9.17, 15) is 0 Å². The SMILES string of the molecule is CCCN(CC)C(CC)(CN)CC(C)CC. The molecule has 98 valence electrons. The van der Waals surface area contributed by atoms with E-state index in [-0.39, 0.29) is 5.54 Å². The van der Waals surface area contributed by atoms with E-state index in [1.165, 1.54) is 32.2 Å². The number of likely N-dealkylation sites (N-methyl/N-ethyl adjacent to an activating group) is 1. The zero-order chi connectivity index (χ0) is 12.6. The highest BCUT2D eigenvalue weighted by molar-refractivity contribution is 4.91. The van der Waals surface area contributed by atoms with Crippen molar-refractivity contribution in [2.75, 3.05) is 19.6 Å². The summed E-state index contributed by atoms with van der Waals surface area (Å²) in [5.74, 6) is 0.773. The van der Waals surface area contributed by atoms with Gasteiger partial charge in [-0.25, -0.2) is 0 Å². The van der Waals surface area contributed by atoms with Crippen LogP contribution in [0.25, 0.3) is 0 Å². The van der Waals surface area contributed by atoms with Crippen molar-refractivity contribution in [1.82, 2.24) is 4.90 Å². The molecule has 2 N–H and O–H groups in total. The third-order valence-corrected chi connectivity index (χ3v) is 4.01. The van der Waals surface area contributed by atoms with Crippen molar-refractivity contribution in [2.45, 2.75) is 65.8 Å². The summed E-state index contributed by atoms with van der Waals surface area (Å²) in [6, 6.07) is 0. The zero-order valence-corrected chi connectivity index (χ0v) is 12.1. The van der Waals surface area contributed by atoms with E-state index >= 15 is 0 Å². The molecule has 2 heteroatoms. The molecular weight excluding hydrogens is 196 g/mol. The van der Waals surface area contributed by atoms with Gasteiger partial charge in [0.15, 0.2) is 0 Å². The molecule has 0 heterocycles. The lowest BCUT2D eigenvalue weighted by molar-refractivity contribution is 0.0709. The largest absolute Gasteiger partial charge is 0.329 e. The molecule has 2 unspecified atom stereocenters. The quantitative estimate of drug-likeness (QED) is 0.656. The Morgan fingerprint density at radius 3 is 2.12 bits per heavy atom. The van der Waals surface area contributed by atoms with Crippen LogP contribution < -0.4 is 5.73 Å². The second kappa shape index (κ2) is 8.08. The molecule has 0 aromatic carbocycles. The van der Waals surface area contributed by atoms with Crippen molar-refractivity contribution in [2.24, 2.45) is 11.7 Å². The number of rotatable bonds is 9. The molecule has 0 fully saturated rings. The molecule has 16 heavy (non-hydrogen) atoms. The van der Waals surface area contributed by atoms with Crippen LogP contribution in [0.15, 0.2) is 0 Å². The van der Waals surface area contributed by atoms with Crippen molar-refractivity contribution >= 4 is 0 Å². The first-order valence-corrected chi connectivity index (χ1v) is 7.05. The molecule has 2 atom stereocenters. The number of hydrogen-bond donors (Lipinski definition) is 1. The van der Waals surface area contributed by atoms with Crippen LogP contribution in [0, 0.1) is 5.92 Å². The summed E-state index contributed by atoms with van der Waals surface area (Å²) in [4.78, 5) is 2.60. The van der Waals surface area contributed by atoms with Crippen molar-refractivity contribution < 1.29 is 0 Å². The van der Waals surface area contributed by atoms with Crippen molar-refractivity contribution in [3.8, 4) is 0 Å². The van der Waals surface area contributed by atoms with Gasteiger partial charge in [0.1, 0.15) is 0 Å². The molecule has 0 radical (unpaired) electrons. The minimum atomic E-state index is 0.236. The van der Waals surface area contributed by atoms with E-state index in [1.54, 1.807) is 0 Å². The standard InChI is InChI=1S/C14H32N2/c1-6-10-16(9-4)14(8-3,12-15)11-13(5)7-2/h13H,6-12,15H2,1-5H3. The predicted octanol–water partition coefficient (Wildman–Crippen LogP) is 3.26. The molecule has 2 nitrogen and oxygen atoms in total. The fourth-order valence-electron chi connectivity index (χ4n) is 2.65.